The Bertz CT molecular complexity index is 1230. The van der Waals surface area contributed by atoms with Crippen molar-refractivity contribution in [2.45, 2.75) is 26.9 Å². The molecule has 4 heterocycles. The summed E-state index contributed by atoms with van der Waals surface area (Å²) in [5.41, 5.74) is 3.50. The number of amides is 1. The number of fused-ring (bicyclic) bond motifs is 1. The van der Waals surface area contributed by atoms with Crippen molar-refractivity contribution in [3.63, 3.8) is 0 Å². The number of hydrogen-bond donors (Lipinski definition) is 3. The van der Waals surface area contributed by atoms with Crippen LogP contribution in [0.5, 0.6) is 0 Å². The van der Waals surface area contributed by atoms with Gasteiger partial charge in [-0.05, 0) is 32.0 Å². The third kappa shape index (κ3) is 3.98. The second-order valence-corrected chi connectivity index (χ2v) is 7.71. The Morgan fingerprint density at radius 1 is 1.16 bits per heavy atom. The molecule has 1 saturated heterocycles. The second-order valence-electron chi connectivity index (χ2n) is 7.71. The minimum Gasteiger partial charge on any atom is -0.368 e. The van der Waals surface area contributed by atoms with Gasteiger partial charge in [-0.1, -0.05) is 0 Å². The summed E-state index contributed by atoms with van der Waals surface area (Å²) >= 11 is 0. The van der Waals surface area contributed by atoms with Crippen LogP contribution in [0.4, 0.5) is 5.69 Å². The molecular weight excluding hydrogens is 398 g/mol. The Kier molecular flexibility index (Phi) is 5.64. The first-order valence-corrected chi connectivity index (χ1v) is 10.4. The number of carbonyl (C=O) groups is 1. The molecule has 4 rings (SSSR count). The summed E-state index contributed by atoms with van der Waals surface area (Å²) in [4.78, 5) is 51.2. The Labute approximate surface area is 178 Å². The minimum atomic E-state index is -0.384. The highest BCUT2D eigenvalue weighted by molar-refractivity contribution is 5.92. The molecule has 31 heavy (non-hydrogen) atoms. The number of carbonyl (C=O) groups excluding carboxylic acids is 1. The quantitative estimate of drug-likeness (QED) is 0.545. The monoisotopic (exact) mass is 425 g/mol. The molecule has 0 saturated carbocycles. The third-order valence-electron chi connectivity index (χ3n) is 5.76. The number of pyridine rings is 1. The van der Waals surface area contributed by atoms with E-state index in [1.54, 1.807) is 20.0 Å². The fraction of sp³-hybridized carbons (Fsp3) is 0.429. The molecule has 1 fully saturated rings. The lowest BCUT2D eigenvalue weighted by Gasteiger charge is -2.36. The molecule has 3 N–H and O–H groups in total. The van der Waals surface area contributed by atoms with E-state index >= 15 is 0 Å². The second kappa shape index (κ2) is 8.38. The van der Waals surface area contributed by atoms with Gasteiger partial charge in [-0.2, -0.15) is 0 Å². The summed E-state index contributed by atoms with van der Waals surface area (Å²) in [7, 11) is 1.59. The van der Waals surface area contributed by atoms with Gasteiger partial charge in [0.25, 0.3) is 11.5 Å². The number of nitrogens with zero attached hydrogens (tertiary/aromatic N) is 4. The van der Waals surface area contributed by atoms with Crippen LogP contribution in [-0.4, -0.2) is 63.6 Å². The van der Waals surface area contributed by atoms with Crippen molar-refractivity contribution in [3.05, 3.63) is 56.1 Å². The van der Waals surface area contributed by atoms with Crippen LogP contribution in [0.1, 0.15) is 28.8 Å². The summed E-state index contributed by atoms with van der Waals surface area (Å²) in [6.45, 7) is 8.06. The van der Waals surface area contributed by atoms with Crippen molar-refractivity contribution >= 4 is 22.6 Å². The molecule has 1 aliphatic rings. The summed E-state index contributed by atoms with van der Waals surface area (Å²) in [6.07, 6.45) is 0. The molecule has 1 aliphatic heterocycles. The molecule has 0 aliphatic carbocycles. The Morgan fingerprint density at radius 3 is 2.55 bits per heavy atom. The molecule has 0 spiro atoms. The fourth-order valence-electron chi connectivity index (χ4n) is 4.09. The summed E-state index contributed by atoms with van der Waals surface area (Å²) in [5, 5.41) is 2.59. The maximum absolute atomic E-state index is 12.5. The van der Waals surface area contributed by atoms with Gasteiger partial charge in [0.1, 0.15) is 11.2 Å². The average molecular weight is 425 g/mol. The largest absolute Gasteiger partial charge is 0.368 e. The van der Waals surface area contributed by atoms with Crippen molar-refractivity contribution in [3.8, 4) is 0 Å². The summed E-state index contributed by atoms with van der Waals surface area (Å²) in [5.74, 6) is -0.190. The highest BCUT2D eigenvalue weighted by Crippen LogP contribution is 2.21. The van der Waals surface area contributed by atoms with Gasteiger partial charge in [-0.25, -0.2) is 9.78 Å². The number of H-pyrrole nitrogens is 2. The van der Waals surface area contributed by atoms with E-state index in [9.17, 15) is 14.4 Å². The first-order valence-electron chi connectivity index (χ1n) is 10.4. The normalized spacial score (nSPS) is 14.9. The molecule has 0 aromatic carbocycles. The highest BCUT2D eigenvalue weighted by Gasteiger charge is 2.21. The van der Waals surface area contributed by atoms with Crippen molar-refractivity contribution < 1.29 is 4.79 Å². The number of piperazine rings is 1. The van der Waals surface area contributed by atoms with Crippen molar-refractivity contribution in [2.75, 3.05) is 38.1 Å². The van der Waals surface area contributed by atoms with Crippen LogP contribution in [0, 0.1) is 6.92 Å². The molecule has 0 radical (unpaired) electrons. The van der Waals surface area contributed by atoms with E-state index in [-0.39, 0.29) is 17.2 Å². The Hall–Kier alpha value is -3.40. The van der Waals surface area contributed by atoms with E-state index in [4.69, 9.17) is 0 Å². The molecule has 0 atom stereocenters. The van der Waals surface area contributed by atoms with Crippen molar-refractivity contribution in [1.29, 1.82) is 0 Å². The van der Waals surface area contributed by atoms with Crippen molar-refractivity contribution in [1.82, 2.24) is 29.7 Å². The van der Waals surface area contributed by atoms with E-state index in [2.05, 4.69) is 30.1 Å². The number of rotatable bonds is 5. The maximum atomic E-state index is 12.5. The van der Waals surface area contributed by atoms with Gasteiger partial charge in [0, 0.05) is 52.0 Å². The lowest BCUT2D eigenvalue weighted by molar-refractivity contribution is 0.0958. The van der Waals surface area contributed by atoms with Crippen LogP contribution in [0.15, 0.2) is 27.8 Å². The Morgan fingerprint density at radius 2 is 1.90 bits per heavy atom. The van der Waals surface area contributed by atoms with E-state index in [1.165, 1.54) is 4.57 Å². The van der Waals surface area contributed by atoms with Crippen LogP contribution < -0.4 is 21.5 Å². The molecule has 0 unspecified atom stereocenters. The molecule has 0 bridgehead atoms. The zero-order valence-electron chi connectivity index (χ0n) is 18.0. The van der Waals surface area contributed by atoms with Gasteiger partial charge < -0.3 is 20.2 Å². The lowest BCUT2D eigenvalue weighted by atomic mass is 10.2. The number of nitrogens with one attached hydrogen (secondary N) is 3. The fourth-order valence-corrected chi connectivity index (χ4v) is 4.09. The smallest absolute Gasteiger partial charge is 0.328 e. The van der Waals surface area contributed by atoms with Gasteiger partial charge in [0.05, 0.1) is 16.9 Å². The molecular formula is C21H27N7O3. The van der Waals surface area contributed by atoms with E-state index < -0.39 is 0 Å². The van der Waals surface area contributed by atoms with Gasteiger partial charge in [0.15, 0.2) is 0 Å². The molecule has 3 aromatic heterocycles. The van der Waals surface area contributed by atoms with Gasteiger partial charge in [0.2, 0.25) is 0 Å². The van der Waals surface area contributed by atoms with E-state index in [0.29, 0.717) is 29.8 Å². The molecule has 164 valence electrons. The molecule has 3 aromatic rings. The van der Waals surface area contributed by atoms with E-state index in [1.807, 2.05) is 19.1 Å². The van der Waals surface area contributed by atoms with Crippen LogP contribution in [0.3, 0.4) is 0 Å². The standard InChI is InChI=1S/C21H27N7O3/c1-4-28-20(30)18-16(25-21(28)31)11-14(24-18)12-26-7-9-27(10-8-26)17-6-5-15(19(29)22-3)23-13(17)2/h5-6,11,24H,4,7-10,12H2,1-3H3,(H,22,29)(H,25,31). The lowest BCUT2D eigenvalue weighted by Crippen LogP contribution is -2.46. The number of hydrogen-bond acceptors (Lipinski definition) is 6. The number of anilines is 1. The van der Waals surface area contributed by atoms with Crippen LogP contribution in [0.2, 0.25) is 0 Å². The number of aromatic amines is 2. The summed E-state index contributed by atoms with van der Waals surface area (Å²) in [6, 6.07) is 5.55. The molecule has 1 amide bonds. The topological polar surface area (TPSA) is 119 Å². The summed E-state index contributed by atoms with van der Waals surface area (Å²) < 4.78 is 1.19. The Balaban J connectivity index is 1.44. The number of aromatic nitrogens is 4. The van der Waals surface area contributed by atoms with Gasteiger partial charge >= 0.3 is 5.69 Å². The van der Waals surface area contributed by atoms with Crippen molar-refractivity contribution in [2.24, 2.45) is 0 Å². The minimum absolute atomic E-state index is 0.190. The van der Waals surface area contributed by atoms with E-state index in [0.717, 1.165) is 43.3 Å². The van der Waals surface area contributed by atoms with Crippen LogP contribution >= 0.6 is 0 Å². The van der Waals surface area contributed by atoms with Gasteiger partial charge in [-0.3, -0.25) is 19.1 Å². The SMILES string of the molecule is CCn1c(=O)[nH]c2cc(CN3CCN(c4ccc(C(=O)NC)nc4C)CC3)[nH]c2c1=O. The zero-order valence-corrected chi connectivity index (χ0v) is 18.0. The third-order valence-corrected chi connectivity index (χ3v) is 5.76. The van der Waals surface area contributed by atoms with Crippen LogP contribution in [-0.2, 0) is 13.1 Å². The van der Waals surface area contributed by atoms with Gasteiger partial charge in [-0.15, -0.1) is 0 Å². The molecule has 10 heteroatoms. The first-order chi connectivity index (χ1) is 14.9. The van der Waals surface area contributed by atoms with Crippen LogP contribution in [0.25, 0.3) is 11.0 Å². The predicted octanol–water partition coefficient (Wildman–Crippen LogP) is 0.423. The zero-order chi connectivity index (χ0) is 22.1. The number of aryl methyl sites for hydroxylation is 1. The highest BCUT2D eigenvalue weighted by atomic mass is 16.2. The predicted molar refractivity (Wildman–Crippen MR) is 119 cm³/mol. The average Bonchev–Trinajstić information content (AvgIpc) is 3.16. The first kappa shape index (κ1) is 20.9. The molecule has 10 nitrogen and oxygen atoms in total. The maximum Gasteiger partial charge on any atom is 0.328 e.